The first-order chi connectivity index (χ1) is 16.5. The molecule has 0 spiro atoms. The molecule has 1 aliphatic heterocycles. The number of aliphatic carboxylic acids is 1. The normalized spacial score (nSPS) is 22.0. The topological polar surface area (TPSA) is 232 Å². The number of β-lactam (4-membered cyclic amide) rings is 1. The van der Waals surface area contributed by atoms with E-state index in [0.29, 0.717) is 12.8 Å². The second kappa shape index (κ2) is 9.19. The van der Waals surface area contributed by atoms with Crippen LogP contribution in [-0.4, -0.2) is 83.3 Å². The predicted octanol–water partition coefficient (Wildman–Crippen LogP) is -1.37. The standard InChI is InChI=1S/C17H20N8O8S2/c18-16-21-9(6-34-16)11(23-33-17(15(28)29)3-1-2-4-17)13(26)22-12-10(5-24-8-19-7-20-24)25(14(12)27)35(30,31)32/h6-8,10,12H,1-5H2,(H2,18,21)(H,22,26)(H,28,29)(H,30,31,32)/b23-11-/t10-,12+/m1/s1. The maximum absolute atomic E-state index is 13.1. The Morgan fingerprint density at radius 2 is 2.09 bits per heavy atom. The summed E-state index contributed by atoms with van der Waals surface area (Å²) in [6.45, 7) is -0.217. The van der Waals surface area contributed by atoms with Gasteiger partial charge in [0.25, 0.3) is 11.8 Å². The largest absolute Gasteiger partial charge is 0.478 e. The van der Waals surface area contributed by atoms with E-state index in [9.17, 15) is 32.5 Å². The number of rotatable bonds is 9. The minimum absolute atomic E-state index is 0.0326. The molecule has 18 heteroatoms. The molecule has 0 aromatic carbocycles. The van der Waals surface area contributed by atoms with E-state index in [0.717, 1.165) is 11.3 Å². The van der Waals surface area contributed by atoms with Crippen LogP contribution in [-0.2, 0) is 36.1 Å². The molecule has 0 radical (unpaired) electrons. The molecule has 2 aromatic heterocycles. The quantitative estimate of drug-likeness (QED) is 0.128. The summed E-state index contributed by atoms with van der Waals surface area (Å²) in [6, 6.07) is -2.62. The maximum atomic E-state index is 13.1. The minimum atomic E-state index is -4.92. The lowest BCUT2D eigenvalue weighted by molar-refractivity contribution is -0.165. The number of carboxylic acid groups (broad SMARTS) is 1. The number of nitrogens with one attached hydrogen (secondary N) is 1. The lowest BCUT2D eigenvalue weighted by atomic mass is 9.98. The third-order valence-corrected chi connectivity index (χ3v) is 7.26. The van der Waals surface area contributed by atoms with Gasteiger partial charge in [-0.15, -0.1) is 11.3 Å². The van der Waals surface area contributed by atoms with Gasteiger partial charge in [-0.3, -0.25) is 18.8 Å². The van der Waals surface area contributed by atoms with Crippen LogP contribution in [0.5, 0.6) is 0 Å². The van der Waals surface area contributed by atoms with E-state index in [2.05, 4.69) is 25.5 Å². The Balaban J connectivity index is 1.60. The van der Waals surface area contributed by atoms with Crippen LogP contribution >= 0.6 is 11.3 Å². The highest BCUT2D eigenvalue weighted by atomic mass is 32.2. The minimum Gasteiger partial charge on any atom is -0.478 e. The SMILES string of the molecule is Nc1nc(/C(=N/OC2(C(=O)O)CCCC2)C(=O)N[C@@H]2C(=O)N(S(=O)(=O)O)[C@@H]2Cn2cncn2)cs1. The van der Waals surface area contributed by atoms with Crippen molar-refractivity contribution in [1.82, 2.24) is 29.4 Å². The fourth-order valence-electron chi connectivity index (χ4n) is 3.89. The van der Waals surface area contributed by atoms with Gasteiger partial charge in [0.1, 0.15) is 24.4 Å². The van der Waals surface area contributed by atoms with Crippen LogP contribution < -0.4 is 11.1 Å². The molecule has 0 unspecified atom stereocenters. The third kappa shape index (κ3) is 4.80. The number of oxime groups is 1. The van der Waals surface area contributed by atoms with Crippen molar-refractivity contribution in [1.29, 1.82) is 0 Å². The molecule has 2 aliphatic rings. The second-order valence-corrected chi connectivity index (χ2v) is 10.0. The Morgan fingerprint density at radius 3 is 2.63 bits per heavy atom. The van der Waals surface area contributed by atoms with Crippen molar-refractivity contribution in [3.8, 4) is 0 Å². The molecule has 188 valence electrons. The molecule has 16 nitrogen and oxygen atoms in total. The van der Waals surface area contributed by atoms with Gasteiger partial charge in [0, 0.05) is 18.2 Å². The average molecular weight is 529 g/mol. The number of anilines is 1. The van der Waals surface area contributed by atoms with Crippen molar-refractivity contribution in [2.75, 3.05) is 5.73 Å². The van der Waals surface area contributed by atoms with E-state index < -0.39 is 51.5 Å². The summed E-state index contributed by atoms with van der Waals surface area (Å²) >= 11 is 0.988. The van der Waals surface area contributed by atoms with Gasteiger partial charge in [-0.1, -0.05) is 5.16 Å². The lowest BCUT2D eigenvalue weighted by Crippen LogP contribution is -2.73. The van der Waals surface area contributed by atoms with Crippen LogP contribution in [0.25, 0.3) is 0 Å². The molecule has 1 saturated heterocycles. The molecule has 2 amide bonds. The predicted molar refractivity (Wildman–Crippen MR) is 117 cm³/mol. The molecule has 2 fully saturated rings. The smallest absolute Gasteiger partial charge is 0.362 e. The van der Waals surface area contributed by atoms with Crippen LogP contribution in [0.1, 0.15) is 31.4 Å². The molecule has 1 saturated carbocycles. The van der Waals surface area contributed by atoms with Crippen LogP contribution in [0.4, 0.5) is 5.13 Å². The number of hydrogen-bond donors (Lipinski definition) is 4. The van der Waals surface area contributed by atoms with E-state index in [4.69, 9.17) is 10.6 Å². The monoisotopic (exact) mass is 528 g/mol. The second-order valence-electron chi connectivity index (χ2n) is 7.86. The van der Waals surface area contributed by atoms with Gasteiger partial charge in [0.15, 0.2) is 10.8 Å². The molecule has 35 heavy (non-hydrogen) atoms. The van der Waals surface area contributed by atoms with Gasteiger partial charge >= 0.3 is 16.3 Å². The number of nitrogens with zero attached hydrogens (tertiary/aromatic N) is 6. The van der Waals surface area contributed by atoms with E-state index >= 15 is 0 Å². The zero-order chi connectivity index (χ0) is 25.4. The first-order valence-electron chi connectivity index (χ1n) is 10.2. The first-order valence-corrected chi connectivity index (χ1v) is 12.4. The number of aromatic nitrogens is 4. The number of amides is 2. The Bertz CT molecular complexity index is 1270. The summed E-state index contributed by atoms with van der Waals surface area (Å²) in [7, 11) is -4.92. The van der Waals surface area contributed by atoms with Crippen molar-refractivity contribution in [3.63, 3.8) is 0 Å². The maximum Gasteiger partial charge on any atom is 0.362 e. The zero-order valence-corrected chi connectivity index (χ0v) is 19.5. The fourth-order valence-corrected chi connectivity index (χ4v) is 5.31. The number of carbonyl (C=O) groups excluding carboxylic acids is 2. The zero-order valence-electron chi connectivity index (χ0n) is 17.8. The van der Waals surface area contributed by atoms with Crippen LogP contribution in [0.15, 0.2) is 23.2 Å². The molecule has 5 N–H and O–H groups in total. The highest BCUT2D eigenvalue weighted by molar-refractivity contribution is 7.84. The number of carbonyl (C=O) groups is 3. The Labute approximate surface area is 201 Å². The van der Waals surface area contributed by atoms with Crippen molar-refractivity contribution >= 4 is 50.3 Å². The van der Waals surface area contributed by atoms with Gasteiger partial charge in [-0.05, 0) is 12.8 Å². The summed E-state index contributed by atoms with van der Waals surface area (Å²) < 4.78 is 34.2. The summed E-state index contributed by atoms with van der Waals surface area (Å²) in [5, 5.41) is 21.1. The molecule has 2 atom stereocenters. The molecule has 4 rings (SSSR count). The molecular formula is C17H20N8O8S2. The summed E-state index contributed by atoms with van der Waals surface area (Å²) in [4.78, 5) is 50.4. The Hall–Kier alpha value is -3.64. The van der Waals surface area contributed by atoms with Crippen LogP contribution in [0.3, 0.4) is 0 Å². The summed E-state index contributed by atoms with van der Waals surface area (Å²) in [6.07, 6.45) is 4.00. The Morgan fingerprint density at radius 1 is 1.37 bits per heavy atom. The third-order valence-electron chi connectivity index (χ3n) is 5.64. The van der Waals surface area contributed by atoms with E-state index in [-0.39, 0.29) is 34.5 Å². The van der Waals surface area contributed by atoms with Crippen molar-refractivity contribution in [3.05, 3.63) is 23.7 Å². The number of nitrogen functional groups attached to an aromatic ring is 1. The van der Waals surface area contributed by atoms with Crippen LogP contribution in [0.2, 0.25) is 0 Å². The number of carboxylic acids is 1. The summed E-state index contributed by atoms with van der Waals surface area (Å²) in [5.41, 5.74) is 3.55. The van der Waals surface area contributed by atoms with E-state index in [1.54, 1.807) is 0 Å². The molecule has 3 heterocycles. The molecule has 0 bridgehead atoms. The van der Waals surface area contributed by atoms with E-state index in [1.807, 2.05) is 0 Å². The van der Waals surface area contributed by atoms with Gasteiger partial charge in [-0.2, -0.15) is 13.5 Å². The van der Waals surface area contributed by atoms with Gasteiger partial charge in [-0.25, -0.2) is 19.1 Å². The van der Waals surface area contributed by atoms with E-state index in [1.165, 1.54) is 22.7 Å². The number of thiazole rings is 1. The summed E-state index contributed by atoms with van der Waals surface area (Å²) in [5.74, 6) is -3.32. The lowest BCUT2D eigenvalue weighted by Gasteiger charge is -2.43. The number of hydrogen-bond acceptors (Lipinski definition) is 12. The van der Waals surface area contributed by atoms with Gasteiger partial charge in [0.05, 0.1) is 12.6 Å². The van der Waals surface area contributed by atoms with Crippen molar-refractivity contribution in [2.45, 2.75) is 49.9 Å². The number of nitrogens with two attached hydrogens (primary N) is 1. The molecular weight excluding hydrogens is 508 g/mol. The highest BCUT2D eigenvalue weighted by Crippen LogP contribution is 2.34. The van der Waals surface area contributed by atoms with Crippen LogP contribution in [0, 0.1) is 0 Å². The highest BCUT2D eigenvalue weighted by Gasteiger charge is 2.54. The fraction of sp³-hybridized carbons (Fsp3) is 0.471. The van der Waals surface area contributed by atoms with Crippen molar-refractivity contribution < 1.29 is 37.3 Å². The molecule has 2 aromatic rings. The molecule has 1 aliphatic carbocycles. The van der Waals surface area contributed by atoms with Gasteiger partial charge in [0.2, 0.25) is 5.60 Å². The average Bonchev–Trinajstić information content (AvgIpc) is 3.54. The van der Waals surface area contributed by atoms with Gasteiger partial charge < -0.3 is 21.0 Å². The first kappa shape index (κ1) is 24.5. The Kier molecular flexibility index (Phi) is 6.43. The van der Waals surface area contributed by atoms with Crippen molar-refractivity contribution in [2.24, 2.45) is 5.16 Å².